The maximum atomic E-state index is 10.5. The van der Waals surface area contributed by atoms with Crippen LogP contribution in [0.1, 0.15) is 31.4 Å². The van der Waals surface area contributed by atoms with Gasteiger partial charge in [-0.2, -0.15) is 0 Å². The molecule has 0 radical (unpaired) electrons. The molecule has 6 nitrogen and oxygen atoms in total. The number of hydrogen-bond acceptors (Lipinski definition) is 6. The number of phenolic OH excluding ortho intramolecular Hbond substituents is 1. The Bertz CT molecular complexity index is 994. The van der Waals surface area contributed by atoms with E-state index < -0.39 is 0 Å². The van der Waals surface area contributed by atoms with Crippen molar-refractivity contribution in [3.05, 3.63) is 48.2 Å². The van der Waals surface area contributed by atoms with Gasteiger partial charge in [-0.3, -0.25) is 0 Å². The zero-order valence-corrected chi connectivity index (χ0v) is 16.6. The van der Waals surface area contributed by atoms with E-state index in [-0.39, 0.29) is 5.75 Å². The minimum atomic E-state index is 0.171. The summed E-state index contributed by atoms with van der Waals surface area (Å²) in [6.45, 7) is 3.88. The zero-order valence-electron chi connectivity index (χ0n) is 16.6. The molecule has 2 N–H and O–H groups in total. The monoisotopic (exact) mass is 390 g/mol. The Morgan fingerprint density at radius 3 is 2.59 bits per heavy atom. The molecule has 2 aliphatic rings. The predicted octanol–water partition coefficient (Wildman–Crippen LogP) is 4.14. The Morgan fingerprint density at radius 1 is 1.03 bits per heavy atom. The van der Waals surface area contributed by atoms with E-state index in [0.29, 0.717) is 23.3 Å². The number of anilines is 1. The molecule has 29 heavy (non-hydrogen) atoms. The summed E-state index contributed by atoms with van der Waals surface area (Å²) < 4.78 is 5.64. The fourth-order valence-electron chi connectivity index (χ4n) is 4.14. The molecular weight excluding hydrogens is 364 g/mol. The quantitative estimate of drug-likeness (QED) is 0.682. The van der Waals surface area contributed by atoms with Crippen molar-refractivity contribution in [2.75, 3.05) is 18.0 Å². The van der Waals surface area contributed by atoms with E-state index in [0.717, 1.165) is 42.4 Å². The van der Waals surface area contributed by atoms with Gasteiger partial charge in [0, 0.05) is 36.3 Å². The highest BCUT2D eigenvalue weighted by Crippen LogP contribution is 2.33. The van der Waals surface area contributed by atoms with Gasteiger partial charge in [-0.1, -0.05) is 12.5 Å². The summed E-state index contributed by atoms with van der Waals surface area (Å²) >= 11 is 0. The van der Waals surface area contributed by atoms with E-state index >= 15 is 0 Å². The first-order valence-corrected chi connectivity index (χ1v) is 10.4. The molecule has 5 rings (SSSR count). The highest BCUT2D eigenvalue weighted by molar-refractivity contribution is 5.72. The normalized spacial score (nSPS) is 19.5. The first-order chi connectivity index (χ1) is 14.2. The van der Waals surface area contributed by atoms with Gasteiger partial charge in [-0.15, -0.1) is 10.2 Å². The van der Waals surface area contributed by atoms with Crippen LogP contribution in [0.25, 0.3) is 22.6 Å². The minimum Gasteiger partial charge on any atom is -0.507 e. The lowest BCUT2D eigenvalue weighted by atomic mass is 9.92. The summed E-state index contributed by atoms with van der Waals surface area (Å²) in [6, 6.07) is 14.5. The van der Waals surface area contributed by atoms with Gasteiger partial charge in [0.25, 0.3) is 0 Å². The van der Waals surface area contributed by atoms with E-state index in [9.17, 15) is 5.11 Å². The maximum Gasteiger partial charge on any atom is 0.151 e. The summed E-state index contributed by atoms with van der Waals surface area (Å²) in [6.07, 6.45) is 5.13. The molecule has 0 bridgehead atoms. The molecule has 3 heterocycles. The van der Waals surface area contributed by atoms with Crippen LogP contribution in [0.2, 0.25) is 0 Å². The fraction of sp³-hybridized carbons (Fsp3) is 0.391. The topological polar surface area (TPSA) is 74.4 Å². The Hall–Kier alpha value is -2.86. The molecule has 1 aliphatic carbocycles. The SMILES string of the molecule is Cc1ccc(-c2ccc(-c3ccc(N4CCC(NC5CCC5)C4)nn3)c(O)c2)o1. The number of furan rings is 1. The van der Waals surface area contributed by atoms with Crippen LogP contribution in [0.15, 0.2) is 46.9 Å². The summed E-state index contributed by atoms with van der Waals surface area (Å²) in [5, 5.41) is 23.1. The van der Waals surface area contributed by atoms with Crippen molar-refractivity contribution >= 4 is 5.82 Å². The van der Waals surface area contributed by atoms with Crippen LogP contribution in [0, 0.1) is 6.92 Å². The number of hydrogen-bond donors (Lipinski definition) is 2. The number of nitrogens with one attached hydrogen (secondary N) is 1. The minimum absolute atomic E-state index is 0.171. The summed E-state index contributed by atoms with van der Waals surface area (Å²) in [4.78, 5) is 2.29. The lowest BCUT2D eigenvalue weighted by molar-refractivity contribution is 0.311. The Labute approximate surface area is 170 Å². The van der Waals surface area contributed by atoms with E-state index in [2.05, 4.69) is 20.4 Å². The number of benzene rings is 1. The van der Waals surface area contributed by atoms with E-state index in [1.165, 1.54) is 19.3 Å². The number of phenols is 1. The second kappa shape index (κ2) is 7.52. The lowest BCUT2D eigenvalue weighted by Gasteiger charge is -2.29. The average molecular weight is 390 g/mol. The molecule has 1 atom stereocenters. The van der Waals surface area contributed by atoms with Gasteiger partial charge < -0.3 is 19.7 Å². The smallest absolute Gasteiger partial charge is 0.151 e. The second-order valence-corrected chi connectivity index (χ2v) is 8.15. The largest absolute Gasteiger partial charge is 0.507 e. The number of aromatic nitrogens is 2. The Kier molecular flexibility index (Phi) is 4.72. The molecule has 2 aromatic heterocycles. The Balaban J connectivity index is 1.29. The predicted molar refractivity (Wildman–Crippen MR) is 113 cm³/mol. The number of aromatic hydroxyl groups is 1. The van der Waals surface area contributed by atoms with Crippen LogP contribution in [0.3, 0.4) is 0 Å². The van der Waals surface area contributed by atoms with Gasteiger partial charge in [0.05, 0.1) is 5.69 Å². The molecule has 3 aromatic rings. The molecule has 0 spiro atoms. The van der Waals surface area contributed by atoms with Gasteiger partial charge in [-0.25, -0.2) is 0 Å². The summed E-state index contributed by atoms with van der Waals surface area (Å²) in [5.41, 5.74) is 2.17. The van der Waals surface area contributed by atoms with Crippen molar-refractivity contribution in [1.29, 1.82) is 0 Å². The van der Waals surface area contributed by atoms with Crippen LogP contribution in [0.5, 0.6) is 5.75 Å². The van der Waals surface area contributed by atoms with Crippen LogP contribution in [-0.2, 0) is 0 Å². The van der Waals surface area contributed by atoms with Gasteiger partial charge in [0.2, 0.25) is 0 Å². The number of nitrogens with zero attached hydrogens (tertiary/aromatic N) is 3. The third-order valence-corrected chi connectivity index (χ3v) is 6.04. The zero-order chi connectivity index (χ0) is 19.8. The van der Waals surface area contributed by atoms with Crippen LogP contribution in [-0.4, -0.2) is 40.5 Å². The van der Waals surface area contributed by atoms with Gasteiger partial charge in [0.1, 0.15) is 17.3 Å². The van der Waals surface area contributed by atoms with Gasteiger partial charge in [0.15, 0.2) is 5.82 Å². The van der Waals surface area contributed by atoms with Crippen molar-refractivity contribution in [2.24, 2.45) is 0 Å². The molecule has 150 valence electrons. The highest BCUT2D eigenvalue weighted by atomic mass is 16.3. The summed E-state index contributed by atoms with van der Waals surface area (Å²) in [5.74, 6) is 2.65. The van der Waals surface area contributed by atoms with Crippen molar-refractivity contribution in [3.63, 3.8) is 0 Å². The van der Waals surface area contributed by atoms with Crippen molar-refractivity contribution < 1.29 is 9.52 Å². The molecule has 6 heteroatoms. The third kappa shape index (κ3) is 3.72. The van der Waals surface area contributed by atoms with Crippen molar-refractivity contribution in [3.8, 4) is 28.3 Å². The van der Waals surface area contributed by atoms with E-state index in [4.69, 9.17) is 4.42 Å². The first-order valence-electron chi connectivity index (χ1n) is 10.4. The molecule has 0 amide bonds. The van der Waals surface area contributed by atoms with Gasteiger partial charge >= 0.3 is 0 Å². The van der Waals surface area contributed by atoms with E-state index in [1.54, 1.807) is 6.07 Å². The van der Waals surface area contributed by atoms with Crippen molar-refractivity contribution in [2.45, 2.75) is 44.7 Å². The highest BCUT2D eigenvalue weighted by Gasteiger charge is 2.27. The molecule has 1 saturated heterocycles. The fourth-order valence-corrected chi connectivity index (χ4v) is 4.14. The lowest BCUT2D eigenvalue weighted by Crippen LogP contribution is -2.43. The average Bonchev–Trinajstić information content (AvgIpc) is 3.34. The van der Waals surface area contributed by atoms with Crippen molar-refractivity contribution in [1.82, 2.24) is 15.5 Å². The molecule has 2 fully saturated rings. The van der Waals surface area contributed by atoms with Crippen LogP contribution < -0.4 is 10.2 Å². The standard InChI is InChI=1S/C23H26N4O2/c1-15-5-9-22(29-15)16-6-7-19(21(28)13-16)20-8-10-23(26-25-20)27-12-11-18(14-27)24-17-3-2-4-17/h5-10,13,17-18,24,28H,2-4,11-12,14H2,1H3. The van der Waals surface area contributed by atoms with Crippen LogP contribution in [0.4, 0.5) is 5.82 Å². The first kappa shape index (κ1) is 18.2. The van der Waals surface area contributed by atoms with E-state index in [1.807, 2.05) is 43.3 Å². The molecule has 1 unspecified atom stereocenters. The second-order valence-electron chi connectivity index (χ2n) is 8.15. The molecule has 1 aromatic carbocycles. The Morgan fingerprint density at radius 2 is 1.93 bits per heavy atom. The molecule has 1 saturated carbocycles. The molecular formula is C23H26N4O2. The summed E-state index contributed by atoms with van der Waals surface area (Å²) in [7, 11) is 0. The third-order valence-electron chi connectivity index (χ3n) is 6.04. The number of rotatable bonds is 5. The van der Waals surface area contributed by atoms with Crippen LogP contribution >= 0.6 is 0 Å². The number of aryl methyl sites for hydroxylation is 1. The van der Waals surface area contributed by atoms with Gasteiger partial charge in [-0.05, 0) is 62.6 Å². The molecule has 1 aliphatic heterocycles. The maximum absolute atomic E-state index is 10.5.